The lowest BCUT2D eigenvalue weighted by Gasteiger charge is -2.09. The minimum atomic E-state index is -0.397. The number of halogens is 1. The molecule has 0 saturated heterocycles. The molecule has 0 bridgehead atoms. The van der Waals surface area contributed by atoms with Gasteiger partial charge in [0.25, 0.3) is 0 Å². The highest BCUT2D eigenvalue weighted by atomic mass is 32.2. The highest BCUT2D eigenvalue weighted by Crippen LogP contribution is 2.23. The van der Waals surface area contributed by atoms with Crippen molar-refractivity contribution < 1.29 is 9.18 Å². The van der Waals surface area contributed by atoms with Gasteiger partial charge in [0.05, 0.1) is 5.25 Å². The number of anilines is 1. The van der Waals surface area contributed by atoms with Gasteiger partial charge in [-0.25, -0.2) is 9.37 Å². The second kappa shape index (κ2) is 7.48. The van der Waals surface area contributed by atoms with Crippen molar-refractivity contribution in [1.82, 2.24) is 15.2 Å². The fraction of sp³-hybridized carbons (Fsp3) is 0.167. The zero-order valence-corrected chi connectivity index (χ0v) is 14.6. The van der Waals surface area contributed by atoms with Crippen LogP contribution in [0.15, 0.2) is 53.7 Å². The van der Waals surface area contributed by atoms with E-state index < -0.39 is 5.25 Å². The Hall–Kier alpha value is -2.67. The average Bonchev–Trinajstić information content (AvgIpc) is 3.06. The van der Waals surface area contributed by atoms with Crippen LogP contribution in [0, 0.1) is 12.7 Å². The number of carbonyl (C=O) groups is 1. The van der Waals surface area contributed by atoms with E-state index in [-0.39, 0.29) is 11.7 Å². The quantitative estimate of drug-likeness (QED) is 0.677. The lowest BCUT2D eigenvalue weighted by atomic mass is 10.1. The molecule has 25 heavy (non-hydrogen) atoms. The standard InChI is InChI=1S/C18H17FN4OS/c1-11-3-5-13(6-4-11)16-21-18(23-22-16)25-12(2)17(24)20-15-9-7-14(19)8-10-15/h3-10,12H,1-2H3,(H,20,24)(H,21,22,23). The highest BCUT2D eigenvalue weighted by Gasteiger charge is 2.17. The topological polar surface area (TPSA) is 70.7 Å². The third kappa shape index (κ3) is 4.45. The van der Waals surface area contributed by atoms with Gasteiger partial charge in [-0.2, -0.15) is 0 Å². The summed E-state index contributed by atoms with van der Waals surface area (Å²) in [5.41, 5.74) is 2.66. The molecule has 1 atom stereocenters. The fourth-order valence-corrected chi connectivity index (χ4v) is 2.85. The first-order valence-corrected chi connectivity index (χ1v) is 8.62. The van der Waals surface area contributed by atoms with Crippen LogP contribution < -0.4 is 5.32 Å². The number of amides is 1. The summed E-state index contributed by atoms with van der Waals surface area (Å²) >= 11 is 1.25. The van der Waals surface area contributed by atoms with Crippen LogP contribution in [0.2, 0.25) is 0 Å². The molecule has 1 unspecified atom stereocenters. The van der Waals surface area contributed by atoms with Crippen molar-refractivity contribution in [3.05, 3.63) is 59.9 Å². The molecule has 1 aromatic heterocycles. The van der Waals surface area contributed by atoms with Gasteiger partial charge >= 0.3 is 0 Å². The van der Waals surface area contributed by atoms with Crippen LogP contribution in [0.3, 0.4) is 0 Å². The largest absolute Gasteiger partial charge is 0.325 e. The van der Waals surface area contributed by atoms with Crippen LogP contribution in [0.5, 0.6) is 0 Å². The van der Waals surface area contributed by atoms with E-state index in [1.54, 1.807) is 6.92 Å². The number of rotatable bonds is 5. The van der Waals surface area contributed by atoms with E-state index >= 15 is 0 Å². The maximum Gasteiger partial charge on any atom is 0.237 e. The van der Waals surface area contributed by atoms with E-state index in [1.165, 1.54) is 41.6 Å². The molecule has 0 aliphatic heterocycles. The first kappa shape index (κ1) is 17.2. The molecule has 3 aromatic rings. The van der Waals surface area contributed by atoms with Crippen LogP contribution in [-0.4, -0.2) is 26.3 Å². The molecule has 2 N–H and O–H groups in total. The third-order valence-electron chi connectivity index (χ3n) is 3.55. The molecule has 1 amide bonds. The summed E-state index contributed by atoms with van der Waals surface area (Å²) in [6.45, 7) is 3.79. The number of carbonyl (C=O) groups excluding carboxylic acids is 1. The number of hydrogen-bond donors (Lipinski definition) is 2. The Morgan fingerprint density at radius 2 is 1.84 bits per heavy atom. The molecular weight excluding hydrogens is 339 g/mol. The van der Waals surface area contributed by atoms with Crippen molar-refractivity contribution in [3.63, 3.8) is 0 Å². The number of nitrogens with one attached hydrogen (secondary N) is 2. The van der Waals surface area contributed by atoms with Crippen molar-refractivity contribution in [2.24, 2.45) is 0 Å². The molecule has 1 heterocycles. The van der Waals surface area contributed by atoms with Crippen LogP contribution in [0.1, 0.15) is 12.5 Å². The summed E-state index contributed by atoms with van der Waals surface area (Å²) in [6.07, 6.45) is 0. The predicted molar refractivity (Wildman–Crippen MR) is 96.9 cm³/mol. The Labute approximate surface area is 149 Å². The summed E-state index contributed by atoms with van der Waals surface area (Å²) in [5, 5.41) is 9.88. The Morgan fingerprint density at radius 1 is 1.16 bits per heavy atom. The molecule has 0 radical (unpaired) electrons. The maximum atomic E-state index is 12.9. The molecule has 0 aliphatic rings. The molecule has 3 rings (SSSR count). The zero-order valence-electron chi connectivity index (χ0n) is 13.8. The minimum absolute atomic E-state index is 0.196. The fourth-order valence-electron chi connectivity index (χ4n) is 2.13. The van der Waals surface area contributed by atoms with Gasteiger partial charge in [0.2, 0.25) is 11.1 Å². The molecule has 0 saturated carbocycles. The van der Waals surface area contributed by atoms with E-state index in [1.807, 2.05) is 31.2 Å². The van der Waals surface area contributed by atoms with Crippen LogP contribution in [-0.2, 0) is 4.79 Å². The number of aryl methyl sites for hydroxylation is 1. The smallest absolute Gasteiger partial charge is 0.237 e. The summed E-state index contributed by atoms with van der Waals surface area (Å²) in [4.78, 5) is 16.6. The van der Waals surface area contributed by atoms with Gasteiger partial charge in [-0.1, -0.05) is 41.6 Å². The summed E-state index contributed by atoms with van der Waals surface area (Å²) in [6, 6.07) is 13.6. The first-order chi connectivity index (χ1) is 12.0. The van der Waals surface area contributed by atoms with Gasteiger partial charge < -0.3 is 5.32 Å². The van der Waals surface area contributed by atoms with Crippen LogP contribution in [0.4, 0.5) is 10.1 Å². The van der Waals surface area contributed by atoms with E-state index in [0.717, 1.165) is 5.56 Å². The molecule has 7 heteroatoms. The number of nitrogens with zero attached hydrogens (tertiary/aromatic N) is 2. The summed E-state index contributed by atoms with van der Waals surface area (Å²) in [7, 11) is 0. The zero-order chi connectivity index (χ0) is 17.8. The average molecular weight is 356 g/mol. The van der Waals surface area contributed by atoms with Crippen molar-refractivity contribution in [3.8, 4) is 11.4 Å². The SMILES string of the molecule is Cc1ccc(-c2nc(SC(C)C(=O)Nc3ccc(F)cc3)n[nH]2)cc1. The number of aromatic amines is 1. The number of benzene rings is 2. The molecule has 0 spiro atoms. The van der Waals surface area contributed by atoms with E-state index in [2.05, 4.69) is 20.5 Å². The van der Waals surface area contributed by atoms with Gasteiger partial charge in [0, 0.05) is 11.3 Å². The van der Waals surface area contributed by atoms with Crippen molar-refractivity contribution in [2.75, 3.05) is 5.32 Å². The lowest BCUT2D eigenvalue weighted by molar-refractivity contribution is -0.115. The molecule has 0 fully saturated rings. The molecular formula is C18H17FN4OS. The van der Waals surface area contributed by atoms with Gasteiger partial charge in [-0.05, 0) is 38.1 Å². The number of thioether (sulfide) groups is 1. The van der Waals surface area contributed by atoms with Gasteiger partial charge in [0.15, 0.2) is 5.82 Å². The van der Waals surface area contributed by atoms with Gasteiger partial charge in [-0.15, -0.1) is 5.10 Å². The second-order valence-electron chi connectivity index (χ2n) is 5.59. The summed E-state index contributed by atoms with van der Waals surface area (Å²) < 4.78 is 12.9. The maximum absolute atomic E-state index is 12.9. The molecule has 128 valence electrons. The number of H-pyrrole nitrogens is 1. The second-order valence-corrected chi connectivity index (χ2v) is 6.90. The molecule has 5 nitrogen and oxygen atoms in total. The van der Waals surface area contributed by atoms with Crippen molar-refractivity contribution in [1.29, 1.82) is 0 Å². The predicted octanol–water partition coefficient (Wildman–Crippen LogP) is 4.04. The summed E-state index contributed by atoms with van der Waals surface area (Å²) in [5.74, 6) is 0.122. The normalized spacial score (nSPS) is 12.0. The van der Waals surface area contributed by atoms with E-state index in [4.69, 9.17) is 0 Å². The first-order valence-electron chi connectivity index (χ1n) is 7.74. The van der Waals surface area contributed by atoms with Gasteiger partial charge in [-0.3, -0.25) is 9.89 Å². The minimum Gasteiger partial charge on any atom is -0.325 e. The Bertz CT molecular complexity index is 862. The van der Waals surface area contributed by atoms with Gasteiger partial charge in [0.1, 0.15) is 5.82 Å². The van der Waals surface area contributed by atoms with Crippen molar-refractivity contribution >= 4 is 23.4 Å². The number of aromatic nitrogens is 3. The number of hydrogen-bond acceptors (Lipinski definition) is 4. The Balaban J connectivity index is 1.62. The highest BCUT2D eigenvalue weighted by molar-refractivity contribution is 8.00. The monoisotopic (exact) mass is 356 g/mol. The third-order valence-corrected chi connectivity index (χ3v) is 4.51. The Kier molecular flexibility index (Phi) is 5.14. The molecule has 2 aromatic carbocycles. The molecule has 0 aliphatic carbocycles. The van der Waals surface area contributed by atoms with Crippen molar-refractivity contribution in [2.45, 2.75) is 24.3 Å². The van der Waals surface area contributed by atoms with E-state index in [9.17, 15) is 9.18 Å². The van der Waals surface area contributed by atoms with Crippen LogP contribution in [0.25, 0.3) is 11.4 Å². The lowest BCUT2D eigenvalue weighted by Crippen LogP contribution is -2.22. The van der Waals surface area contributed by atoms with E-state index in [0.29, 0.717) is 16.7 Å². The van der Waals surface area contributed by atoms with Crippen LogP contribution >= 0.6 is 11.8 Å². The Morgan fingerprint density at radius 3 is 2.52 bits per heavy atom.